The van der Waals surface area contributed by atoms with Crippen LogP contribution in [0.3, 0.4) is 0 Å². The van der Waals surface area contributed by atoms with Crippen LogP contribution in [0.15, 0.2) is 27.6 Å². The number of halogens is 1. The van der Waals surface area contributed by atoms with Gasteiger partial charge in [0.05, 0.1) is 4.90 Å². The number of nitrogens with zero attached hydrogens (tertiary/aromatic N) is 1. The molecule has 0 bridgehead atoms. The molecule has 0 aliphatic carbocycles. The number of rotatable bonds is 6. The van der Waals surface area contributed by atoms with E-state index in [1.165, 1.54) is 4.31 Å². The third-order valence-corrected chi connectivity index (χ3v) is 6.51. The van der Waals surface area contributed by atoms with Crippen molar-refractivity contribution in [3.63, 3.8) is 0 Å². The van der Waals surface area contributed by atoms with Crippen molar-refractivity contribution in [1.82, 2.24) is 9.62 Å². The second-order valence-electron chi connectivity index (χ2n) is 5.30. The molecular formula is C14H23BrN2O2S. The molecule has 6 heteroatoms. The number of benzene rings is 1. The van der Waals surface area contributed by atoms with Gasteiger partial charge in [-0.25, -0.2) is 8.42 Å². The summed E-state index contributed by atoms with van der Waals surface area (Å²) in [7, 11) is -0.0235. The summed E-state index contributed by atoms with van der Waals surface area (Å²) in [6, 6.07) is 5.36. The predicted molar refractivity (Wildman–Crippen MR) is 86.2 cm³/mol. The lowest BCUT2D eigenvalue weighted by Gasteiger charge is -2.27. The topological polar surface area (TPSA) is 49.4 Å². The third kappa shape index (κ3) is 3.81. The van der Waals surface area contributed by atoms with Crippen LogP contribution < -0.4 is 5.32 Å². The highest BCUT2D eigenvalue weighted by atomic mass is 79.9. The largest absolute Gasteiger partial charge is 0.316 e. The number of nitrogens with one attached hydrogen (secondary N) is 1. The highest BCUT2D eigenvalue weighted by molar-refractivity contribution is 9.10. The number of hydrogen-bond acceptors (Lipinski definition) is 3. The molecule has 1 rings (SSSR count). The van der Waals surface area contributed by atoms with Crippen molar-refractivity contribution in [2.24, 2.45) is 5.92 Å². The Balaban J connectivity index is 3.24. The quantitative estimate of drug-likeness (QED) is 0.846. The lowest BCUT2D eigenvalue weighted by Crippen LogP contribution is -2.38. The molecule has 0 amide bonds. The predicted octanol–water partition coefficient (Wildman–Crippen LogP) is 2.83. The van der Waals surface area contributed by atoms with Crippen molar-refractivity contribution in [2.75, 3.05) is 14.1 Å². The van der Waals surface area contributed by atoms with E-state index in [0.29, 0.717) is 15.9 Å². The summed E-state index contributed by atoms with van der Waals surface area (Å²) >= 11 is 3.35. The van der Waals surface area contributed by atoms with Crippen molar-refractivity contribution in [3.8, 4) is 0 Å². The minimum absolute atomic E-state index is 0.0557. The molecular weight excluding hydrogens is 340 g/mol. The van der Waals surface area contributed by atoms with Gasteiger partial charge in [0, 0.05) is 24.1 Å². The van der Waals surface area contributed by atoms with Crippen molar-refractivity contribution >= 4 is 26.0 Å². The van der Waals surface area contributed by atoms with Gasteiger partial charge >= 0.3 is 0 Å². The Kier molecular flexibility index (Phi) is 6.19. The molecule has 0 spiro atoms. The highest BCUT2D eigenvalue weighted by Crippen LogP contribution is 2.27. The summed E-state index contributed by atoms with van der Waals surface area (Å²) in [6.07, 6.45) is 0. The second kappa shape index (κ2) is 7.02. The monoisotopic (exact) mass is 362 g/mol. The first-order valence-electron chi connectivity index (χ1n) is 6.62. The van der Waals surface area contributed by atoms with Gasteiger partial charge in [-0.15, -0.1) is 0 Å². The van der Waals surface area contributed by atoms with Gasteiger partial charge < -0.3 is 5.32 Å². The van der Waals surface area contributed by atoms with Gasteiger partial charge in [-0.3, -0.25) is 0 Å². The van der Waals surface area contributed by atoms with E-state index in [1.807, 2.05) is 33.9 Å². The molecule has 0 saturated carbocycles. The van der Waals surface area contributed by atoms with Crippen LogP contribution in [0, 0.1) is 5.92 Å². The first kappa shape index (κ1) is 17.6. The fraction of sp³-hybridized carbons (Fsp3) is 0.571. The Labute approximate surface area is 130 Å². The normalized spacial score (nSPS) is 14.0. The summed E-state index contributed by atoms with van der Waals surface area (Å²) in [6.45, 7) is 6.60. The molecule has 20 heavy (non-hydrogen) atoms. The molecule has 0 aliphatic heterocycles. The molecule has 1 atom stereocenters. The van der Waals surface area contributed by atoms with Crippen molar-refractivity contribution in [1.29, 1.82) is 0 Å². The van der Waals surface area contributed by atoms with E-state index in [0.717, 1.165) is 5.56 Å². The van der Waals surface area contributed by atoms with E-state index in [2.05, 4.69) is 21.2 Å². The summed E-state index contributed by atoms with van der Waals surface area (Å²) in [4.78, 5) is 0.320. The summed E-state index contributed by atoms with van der Waals surface area (Å²) in [5, 5.41) is 3.03. The molecule has 0 aromatic heterocycles. The van der Waals surface area contributed by atoms with Gasteiger partial charge in [0.15, 0.2) is 0 Å². The molecule has 1 N–H and O–H groups in total. The van der Waals surface area contributed by atoms with E-state index in [4.69, 9.17) is 0 Å². The van der Waals surface area contributed by atoms with Crippen molar-refractivity contribution < 1.29 is 8.42 Å². The Morgan fingerprint density at radius 3 is 2.40 bits per heavy atom. The van der Waals surface area contributed by atoms with Gasteiger partial charge in [-0.05, 0) is 53.5 Å². The standard InChI is InChI=1S/C14H23BrN2O2S/c1-10(2)11(3)17(5)20(18,19)14-8-12(9-16-4)6-7-13(14)15/h6-8,10-11,16H,9H2,1-5H3. The van der Waals surface area contributed by atoms with Crippen LogP contribution in [0.4, 0.5) is 0 Å². The maximum absolute atomic E-state index is 12.7. The fourth-order valence-electron chi connectivity index (χ4n) is 1.85. The molecule has 0 saturated heterocycles. The summed E-state index contributed by atoms with van der Waals surface area (Å²) in [5.74, 6) is 0.258. The zero-order valence-electron chi connectivity index (χ0n) is 12.6. The molecule has 4 nitrogen and oxygen atoms in total. The molecule has 1 aromatic carbocycles. The first-order chi connectivity index (χ1) is 9.21. The minimum atomic E-state index is -3.50. The van der Waals surface area contributed by atoms with Crippen LogP contribution in [0.1, 0.15) is 26.3 Å². The first-order valence-corrected chi connectivity index (χ1v) is 8.86. The molecule has 114 valence electrons. The average molecular weight is 363 g/mol. The Bertz CT molecular complexity index is 558. The highest BCUT2D eigenvalue weighted by Gasteiger charge is 2.28. The summed E-state index contributed by atoms with van der Waals surface area (Å²) < 4.78 is 27.5. The molecule has 0 radical (unpaired) electrons. The van der Waals surface area contributed by atoms with Crippen LogP contribution in [0.25, 0.3) is 0 Å². The van der Waals surface area contributed by atoms with Crippen LogP contribution in [-0.2, 0) is 16.6 Å². The summed E-state index contributed by atoms with van der Waals surface area (Å²) in [5.41, 5.74) is 0.944. The molecule has 0 fully saturated rings. The van der Waals surface area contributed by atoms with Gasteiger partial charge in [-0.2, -0.15) is 4.31 Å². The average Bonchev–Trinajstić information content (AvgIpc) is 2.39. The lowest BCUT2D eigenvalue weighted by molar-refractivity contribution is 0.315. The van der Waals surface area contributed by atoms with E-state index >= 15 is 0 Å². The van der Waals surface area contributed by atoms with Gasteiger partial charge in [0.2, 0.25) is 10.0 Å². The van der Waals surface area contributed by atoms with Gasteiger partial charge in [0.1, 0.15) is 0 Å². The Hall–Kier alpha value is -0.430. The minimum Gasteiger partial charge on any atom is -0.316 e. The Morgan fingerprint density at radius 2 is 1.90 bits per heavy atom. The van der Waals surface area contributed by atoms with Gasteiger partial charge in [-0.1, -0.05) is 19.9 Å². The molecule has 1 unspecified atom stereocenters. The van der Waals surface area contributed by atoms with E-state index in [1.54, 1.807) is 19.2 Å². The SMILES string of the molecule is CNCc1ccc(Br)c(S(=O)(=O)N(C)C(C)C(C)C)c1. The lowest BCUT2D eigenvalue weighted by atomic mass is 10.1. The Morgan fingerprint density at radius 1 is 1.30 bits per heavy atom. The van der Waals surface area contributed by atoms with E-state index in [9.17, 15) is 8.42 Å². The van der Waals surface area contributed by atoms with Gasteiger partial charge in [0.25, 0.3) is 0 Å². The van der Waals surface area contributed by atoms with E-state index < -0.39 is 10.0 Å². The van der Waals surface area contributed by atoms with Crippen molar-refractivity contribution in [2.45, 2.75) is 38.3 Å². The molecule has 1 aromatic rings. The fourth-order valence-corrected chi connectivity index (χ4v) is 4.32. The second-order valence-corrected chi connectivity index (χ2v) is 8.12. The van der Waals surface area contributed by atoms with Crippen LogP contribution >= 0.6 is 15.9 Å². The molecule has 0 heterocycles. The number of hydrogen-bond donors (Lipinski definition) is 1. The van der Waals surface area contributed by atoms with Crippen LogP contribution in [0.2, 0.25) is 0 Å². The zero-order chi connectivity index (χ0) is 15.5. The zero-order valence-corrected chi connectivity index (χ0v) is 15.0. The third-order valence-electron chi connectivity index (χ3n) is 3.57. The maximum Gasteiger partial charge on any atom is 0.244 e. The van der Waals surface area contributed by atoms with Crippen LogP contribution in [0.5, 0.6) is 0 Å². The smallest absolute Gasteiger partial charge is 0.244 e. The molecule has 0 aliphatic rings. The van der Waals surface area contributed by atoms with Crippen LogP contribution in [-0.4, -0.2) is 32.9 Å². The number of sulfonamides is 1. The van der Waals surface area contributed by atoms with E-state index in [-0.39, 0.29) is 12.0 Å². The van der Waals surface area contributed by atoms with Crippen molar-refractivity contribution in [3.05, 3.63) is 28.2 Å². The maximum atomic E-state index is 12.7.